The summed E-state index contributed by atoms with van der Waals surface area (Å²) in [6, 6.07) is 0. The highest BCUT2D eigenvalue weighted by Crippen LogP contribution is 2.33. The molecule has 3 rings (SSSR count). The summed E-state index contributed by atoms with van der Waals surface area (Å²) in [7, 11) is 0. The first kappa shape index (κ1) is 13.2. The number of nitrogens with one attached hydrogen (secondary N) is 2. The number of aromatic amines is 1. The molecule has 0 amide bonds. The Bertz CT molecular complexity index is 371. The molecular weight excluding hydrogens is 234 g/mol. The summed E-state index contributed by atoms with van der Waals surface area (Å²) in [6.07, 6.45) is 14.4. The van der Waals surface area contributed by atoms with Gasteiger partial charge in [0.2, 0.25) is 0 Å². The third-order valence-corrected chi connectivity index (χ3v) is 4.94. The van der Waals surface area contributed by atoms with E-state index in [0.29, 0.717) is 0 Å². The van der Waals surface area contributed by atoms with Crippen LogP contribution in [0.2, 0.25) is 0 Å². The molecule has 0 aromatic carbocycles. The normalized spacial score (nSPS) is 26.2. The van der Waals surface area contributed by atoms with E-state index in [1.807, 2.05) is 0 Å². The van der Waals surface area contributed by atoms with Gasteiger partial charge in [0.1, 0.15) is 0 Å². The molecule has 1 unspecified atom stereocenters. The van der Waals surface area contributed by atoms with Gasteiger partial charge in [0.25, 0.3) is 0 Å². The Balaban J connectivity index is 1.66. The summed E-state index contributed by atoms with van der Waals surface area (Å²) in [5, 5.41) is 11.2. The maximum atomic E-state index is 4.35. The van der Waals surface area contributed by atoms with E-state index in [1.54, 1.807) is 0 Å². The summed E-state index contributed by atoms with van der Waals surface area (Å²) in [6.45, 7) is 2.39. The van der Waals surface area contributed by atoms with Gasteiger partial charge in [-0.25, -0.2) is 0 Å². The highest BCUT2D eigenvalue weighted by molar-refractivity contribution is 5.22. The van der Waals surface area contributed by atoms with Gasteiger partial charge >= 0.3 is 0 Å². The maximum Gasteiger partial charge on any atom is 0.0524 e. The van der Waals surface area contributed by atoms with E-state index < -0.39 is 0 Å². The molecule has 1 aliphatic carbocycles. The van der Waals surface area contributed by atoms with Crippen molar-refractivity contribution in [3.63, 3.8) is 0 Å². The Morgan fingerprint density at radius 2 is 1.89 bits per heavy atom. The molecule has 1 saturated heterocycles. The van der Waals surface area contributed by atoms with Crippen molar-refractivity contribution in [3.05, 3.63) is 17.5 Å². The first-order valence-corrected chi connectivity index (χ1v) is 8.16. The minimum absolute atomic E-state index is 0.771. The fraction of sp³-hybridized carbons (Fsp3) is 0.812. The van der Waals surface area contributed by atoms with Crippen LogP contribution >= 0.6 is 0 Å². The monoisotopic (exact) mass is 261 g/mol. The largest absolute Gasteiger partial charge is 0.316 e. The molecule has 1 aromatic heterocycles. The number of piperidine rings is 1. The number of hydrogen-bond acceptors (Lipinski definition) is 2. The van der Waals surface area contributed by atoms with Gasteiger partial charge in [0.05, 0.1) is 6.20 Å². The molecule has 2 N–H and O–H groups in total. The van der Waals surface area contributed by atoms with Gasteiger partial charge in [-0.15, -0.1) is 0 Å². The summed E-state index contributed by atoms with van der Waals surface area (Å²) >= 11 is 0. The van der Waals surface area contributed by atoms with Crippen molar-refractivity contribution < 1.29 is 0 Å². The number of hydrogen-bond donors (Lipinski definition) is 2. The van der Waals surface area contributed by atoms with E-state index in [2.05, 4.69) is 21.7 Å². The lowest BCUT2D eigenvalue weighted by molar-refractivity contribution is 0.372. The van der Waals surface area contributed by atoms with Crippen molar-refractivity contribution in [1.82, 2.24) is 15.5 Å². The topological polar surface area (TPSA) is 40.7 Å². The van der Waals surface area contributed by atoms with Crippen LogP contribution < -0.4 is 5.32 Å². The second-order valence-electron chi connectivity index (χ2n) is 6.41. The first-order valence-electron chi connectivity index (χ1n) is 8.16. The van der Waals surface area contributed by atoms with Gasteiger partial charge in [0.15, 0.2) is 0 Å². The van der Waals surface area contributed by atoms with Gasteiger partial charge in [0, 0.05) is 5.69 Å². The molecule has 1 atom stereocenters. The molecule has 2 fully saturated rings. The zero-order chi connectivity index (χ0) is 12.9. The van der Waals surface area contributed by atoms with E-state index in [9.17, 15) is 0 Å². The van der Waals surface area contributed by atoms with E-state index in [-0.39, 0.29) is 0 Å². The third kappa shape index (κ3) is 3.38. The van der Waals surface area contributed by atoms with Crippen molar-refractivity contribution in [3.8, 4) is 0 Å². The van der Waals surface area contributed by atoms with Crippen LogP contribution in [0.5, 0.6) is 0 Å². The Hall–Kier alpha value is -0.830. The zero-order valence-corrected chi connectivity index (χ0v) is 12.0. The van der Waals surface area contributed by atoms with Crippen molar-refractivity contribution in [2.24, 2.45) is 5.92 Å². The molecular formula is C16H27N3. The lowest BCUT2D eigenvalue weighted by Gasteiger charge is -2.23. The van der Waals surface area contributed by atoms with E-state index >= 15 is 0 Å². The first-order chi connectivity index (χ1) is 9.43. The molecule has 2 heterocycles. The van der Waals surface area contributed by atoms with Gasteiger partial charge in [-0.1, -0.05) is 25.7 Å². The number of aromatic nitrogens is 2. The van der Waals surface area contributed by atoms with Crippen LogP contribution in [-0.2, 0) is 6.42 Å². The van der Waals surface area contributed by atoms with Crippen LogP contribution in [0.15, 0.2) is 6.20 Å². The molecule has 0 spiro atoms. The number of rotatable bonds is 3. The fourth-order valence-electron chi connectivity index (χ4n) is 3.81. The van der Waals surface area contributed by atoms with Gasteiger partial charge in [-0.05, 0) is 62.6 Å². The summed E-state index contributed by atoms with van der Waals surface area (Å²) < 4.78 is 0. The second-order valence-corrected chi connectivity index (χ2v) is 6.41. The van der Waals surface area contributed by atoms with Crippen LogP contribution in [0.4, 0.5) is 0 Å². The van der Waals surface area contributed by atoms with Crippen LogP contribution in [0.25, 0.3) is 0 Å². The summed E-state index contributed by atoms with van der Waals surface area (Å²) in [4.78, 5) is 0. The molecule has 0 bridgehead atoms. The molecule has 19 heavy (non-hydrogen) atoms. The number of H-pyrrole nitrogens is 1. The predicted molar refractivity (Wildman–Crippen MR) is 78.3 cm³/mol. The van der Waals surface area contributed by atoms with E-state index in [1.165, 1.54) is 82.1 Å². The van der Waals surface area contributed by atoms with Crippen molar-refractivity contribution in [2.75, 3.05) is 13.1 Å². The fourth-order valence-corrected chi connectivity index (χ4v) is 3.81. The van der Waals surface area contributed by atoms with Crippen LogP contribution in [-0.4, -0.2) is 23.3 Å². The quantitative estimate of drug-likeness (QED) is 0.819. The standard InChI is InChI=1S/C16H27N3/c1-2-4-8-14(7-3-1)15-12-18-19-16(15)10-13-6-5-9-17-11-13/h12-14,17H,1-11H2,(H,18,19). The minimum Gasteiger partial charge on any atom is -0.316 e. The van der Waals surface area contributed by atoms with E-state index in [0.717, 1.165) is 11.8 Å². The molecule has 1 aliphatic heterocycles. The molecule has 0 radical (unpaired) electrons. The lowest BCUT2D eigenvalue weighted by Crippen LogP contribution is -2.31. The molecule has 1 saturated carbocycles. The third-order valence-electron chi connectivity index (χ3n) is 4.94. The highest BCUT2D eigenvalue weighted by atomic mass is 15.1. The van der Waals surface area contributed by atoms with Crippen molar-refractivity contribution in [1.29, 1.82) is 0 Å². The predicted octanol–water partition coefficient (Wildman–Crippen LogP) is 3.39. The molecule has 2 aliphatic rings. The molecule has 3 heteroatoms. The highest BCUT2D eigenvalue weighted by Gasteiger charge is 2.21. The average molecular weight is 261 g/mol. The Kier molecular flexibility index (Phi) is 4.54. The van der Waals surface area contributed by atoms with Crippen molar-refractivity contribution >= 4 is 0 Å². The van der Waals surface area contributed by atoms with Crippen LogP contribution in [0.3, 0.4) is 0 Å². The molecule has 1 aromatic rings. The minimum atomic E-state index is 0.771. The Morgan fingerprint density at radius 3 is 2.63 bits per heavy atom. The summed E-state index contributed by atoms with van der Waals surface area (Å²) in [5.74, 6) is 1.58. The Labute approximate surface area is 116 Å². The SMILES string of the molecule is c1n[nH]c(CC2CCCNC2)c1C1CCCCCC1. The van der Waals surface area contributed by atoms with Gasteiger partial charge in [-0.3, -0.25) is 5.10 Å². The van der Waals surface area contributed by atoms with Gasteiger partial charge < -0.3 is 5.32 Å². The Morgan fingerprint density at radius 1 is 1.05 bits per heavy atom. The smallest absolute Gasteiger partial charge is 0.0524 e. The average Bonchev–Trinajstić information content (AvgIpc) is 2.74. The van der Waals surface area contributed by atoms with Crippen LogP contribution in [0, 0.1) is 5.92 Å². The summed E-state index contributed by atoms with van der Waals surface area (Å²) in [5.41, 5.74) is 2.97. The van der Waals surface area contributed by atoms with Crippen LogP contribution in [0.1, 0.15) is 68.5 Å². The van der Waals surface area contributed by atoms with Crippen molar-refractivity contribution in [2.45, 2.75) is 63.7 Å². The maximum absolute atomic E-state index is 4.35. The molecule has 3 nitrogen and oxygen atoms in total. The van der Waals surface area contributed by atoms with Gasteiger partial charge in [-0.2, -0.15) is 5.10 Å². The van der Waals surface area contributed by atoms with E-state index in [4.69, 9.17) is 0 Å². The lowest BCUT2D eigenvalue weighted by atomic mass is 9.87. The zero-order valence-electron chi connectivity index (χ0n) is 12.0. The second kappa shape index (κ2) is 6.56. The number of nitrogens with zero attached hydrogens (tertiary/aromatic N) is 1. The molecule has 106 valence electrons.